The van der Waals surface area contributed by atoms with Gasteiger partial charge in [-0.25, -0.2) is 14.4 Å². The second-order valence-electron chi connectivity index (χ2n) is 6.20. The number of ether oxygens (including phenoxy) is 1. The highest BCUT2D eigenvalue weighted by Gasteiger charge is 2.39. The number of halogens is 1. The van der Waals surface area contributed by atoms with Gasteiger partial charge in [-0.15, -0.1) is 0 Å². The number of benzene rings is 1. The van der Waals surface area contributed by atoms with E-state index in [9.17, 15) is 4.39 Å². The molecule has 0 radical (unpaired) electrons. The lowest BCUT2D eigenvalue weighted by atomic mass is 10.0. The number of hydrogen-bond donors (Lipinski definition) is 0. The predicted molar refractivity (Wildman–Crippen MR) is 81.1 cm³/mol. The van der Waals surface area contributed by atoms with Gasteiger partial charge in [0.05, 0.1) is 0 Å². The molecule has 114 valence electrons. The highest BCUT2D eigenvalue weighted by atomic mass is 19.1. The van der Waals surface area contributed by atoms with E-state index in [1.165, 1.54) is 19.0 Å². The van der Waals surface area contributed by atoms with Crippen LogP contribution in [0.4, 0.5) is 4.39 Å². The standard InChI is InChI=1S/C17H18FN3O/c1-11-2-3-14(15(18)6-11)13-7-19-17(20-8-13)22-16-10-21-5-4-12(16)9-21/h2-3,6-8,12,16H,4-5,9-10H2,1H3. The van der Waals surface area contributed by atoms with Crippen LogP contribution in [0.25, 0.3) is 11.1 Å². The third kappa shape index (κ3) is 2.46. The van der Waals surface area contributed by atoms with E-state index in [-0.39, 0.29) is 11.9 Å². The Morgan fingerprint density at radius 2 is 2.05 bits per heavy atom. The largest absolute Gasteiger partial charge is 0.458 e. The maximum Gasteiger partial charge on any atom is 0.316 e. The summed E-state index contributed by atoms with van der Waals surface area (Å²) in [6.07, 6.45) is 4.64. The molecule has 4 rings (SSSR count). The molecule has 0 spiro atoms. The van der Waals surface area contributed by atoms with Crippen LogP contribution in [0.1, 0.15) is 12.0 Å². The number of aryl methyl sites for hydroxylation is 1. The molecule has 0 amide bonds. The van der Waals surface area contributed by atoms with Gasteiger partial charge in [0.2, 0.25) is 0 Å². The average molecular weight is 299 g/mol. The van der Waals surface area contributed by atoms with E-state index in [0.29, 0.717) is 23.1 Å². The summed E-state index contributed by atoms with van der Waals surface area (Å²) >= 11 is 0. The molecule has 2 bridgehead atoms. The highest BCUT2D eigenvalue weighted by molar-refractivity contribution is 5.62. The Labute approximate surface area is 129 Å². The summed E-state index contributed by atoms with van der Waals surface area (Å²) in [5.74, 6) is 0.344. The van der Waals surface area contributed by atoms with Crippen molar-refractivity contribution in [1.82, 2.24) is 14.9 Å². The number of nitrogens with zero attached hydrogens (tertiary/aromatic N) is 3. The first kappa shape index (κ1) is 13.6. The van der Waals surface area contributed by atoms with Gasteiger partial charge in [-0.3, -0.25) is 4.90 Å². The molecule has 5 heteroatoms. The Bertz CT molecular complexity index is 689. The molecule has 4 nitrogen and oxygen atoms in total. The monoisotopic (exact) mass is 299 g/mol. The van der Waals surface area contributed by atoms with Gasteiger partial charge in [-0.05, 0) is 31.5 Å². The first-order valence-electron chi connectivity index (χ1n) is 7.66. The normalized spacial score (nSPS) is 26.4. The zero-order chi connectivity index (χ0) is 15.1. The molecule has 0 saturated carbocycles. The van der Waals surface area contributed by atoms with Gasteiger partial charge in [0.25, 0.3) is 0 Å². The topological polar surface area (TPSA) is 38.2 Å². The van der Waals surface area contributed by atoms with E-state index in [2.05, 4.69) is 14.9 Å². The van der Waals surface area contributed by atoms with Crippen molar-refractivity contribution in [3.05, 3.63) is 42.0 Å². The predicted octanol–water partition coefficient (Wildman–Crippen LogP) is 2.67. The Morgan fingerprint density at radius 3 is 2.68 bits per heavy atom. The highest BCUT2D eigenvalue weighted by Crippen LogP contribution is 2.30. The first-order valence-corrected chi connectivity index (χ1v) is 7.66. The smallest absolute Gasteiger partial charge is 0.316 e. The quantitative estimate of drug-likeness (QED) is 0.873. The second-order valence-corrected chi connectivity index (χ2v) is 6.20. The van der Waals surface area contributed by atoms with Gasteiger partial charge in [0.1, 0.15) is 11.9 Å². The summed E-state index contributed by atoms with van der Waals surface area (Å²) in [6, 6.07) is 5.54. The number of fused-ring (bicyclic) bond motifs is 2. The number of aromatic nitrogens is 2. The molecule has 2 aromatic rings. The van der Waals surface area contributed by atoms with Crippen molar-refractivity contribution >= 4 is 0 Å². The molecular weight excluding hydrogens is 281 g/mol. The molecule has 2 aliphatic heterocycles. The van der Waals surface area contributed by atoms with Gasteiger partial charge >= 0.3 is 6.01 Å². The van der Waals surface area contributed by atoms with Crippen LogP contribution >= 0.6 is 0 Å². The van der Waals surface area contributed by atoms with Crippen LogP contribution in [0.3, 0.4) is 0 Å². The zero-order valence-corrected chi connectivity index (χ0v) is 12.5. The molecule has 3 unspecified atom stereocenters. The number of rotatable bonds is 3. The van der Waals surface area contributed by atoms with Crippen molar-refractivity contribution in [3.63, 3.8) is 0 Å². The maximum atomic E-state index is 14.0. The van der Waals surface area contributed by atoms with E-state index in [1.807, 2.05) is 13.0 Å². The van der Waals surface area contributed by atoms with Crippen LogP contribution in [0, 0.1) is 18.7 Å². The Hall–Kier alpha value is -2.01. The van der Waals surface area contributed by atoms with Crippen molar-refractivity contribution in [3.8, 4) is 17.1 Å². The molecule has 3 atom stereocenters. The second kappa shape index (κ2) is 5.32. The fraction of sp³-hybridized carbons (Fsp3) is 0.412. The van der Waals surface area contributed by atoms with Gasteiger partial charge < -0.3 is 4.74 Å². The minimum Gasteiger partial charge on any atom is -0.458 e. The van der Waals surface area contributed by atoms with Gasteiger partial charge in [0, 0.05) is 42.5 Å². The van der Waals surface area contributed by atoms with Crippen molar-refractivity contribution in [2.75, 3.05) is 19.6 Å². The fourth-order valence-electron chi connectivity index (χ4n) is 3.37. The molecule has 2 saturated heterocycles. The van der Waals surface area contributed by atoms with Crippen LogP contribution in [-0.2, 0) is 0 Å². The van der Waals surface area contributed by atoms with Crippen LogP contribution in [0.5, 0.6) is 6.01 Å². The van der Waals surface area contributed by atoms with Crippen LogP contribution in [-0.4, -0.2) is 40.6 Å². The van der Waals surface area contributed by atoms with Crippen LogP contribution < -0.4 is 4.74 Å². The van der Waals surface area contributed by atoms with E-state index in [4.69, 9.17) is 4.74 Å². The fourth-order valence-corrected chi connectivity index (χ4v) is 3.37. The van der Waals surface area contributed by atoms with E-state index in [1.54, 1.807) is 18.5 Å². The minimum absolute atomic E-state index is 0.190. The molecule has 3 heterocycles. The third-order valence-electron chi connectivity index (χ3n) is 4.59. The van der Waals surface area contributed by atoms with Gasteiger partial charge in [0.15, 0.2) is 0 Å². The summed E-state index contributed by atoms with van der Waals surface area (Å²) in [6.45, 7) is 5.13. The summed E-state index contributed by atoms with van der Waals surface area (Å²) < 4.78 is 19.9. The van der Waals surface area contributed by atoms with Crippen LogP contribution in [0.2, 0.25) is 0 Å². The SMILES string of the molecule is Cc1ccc(-c2cnc(OC3CN4CCC3C4)nc2)c(F)c1. The molecule has 0 N–H and O–H groups in total. The lowest BCUT2D eigenvalue weighted by Crippen LogP contribution is -2.32. The third-order valence-corrected chi connectivity index (χ3v) is 4.59. The Kier molecular flexibility index (Phi) is 3.30. The molecule has 2 fully saturated rings. The summed E-state index contributed by atoms with van der Waals surface area (Å²) in [5.41, 5.74) is 2.08. The van der Waals surface area contributed by atoms with Gasteiger partial charge in [-0.1, -0.05) is 12.1 Å². The maximum absolute atomic E-state index is 14.0. The summed E-state index contributed by atoms with van der Waals surface area (Å²) in [5, 5.41) is 0. The van der Waals surface area contributed by atoms with E-state index >= 15 is 0 Å². The van der Waals surface area contributed by atoms with Crippen molar-refractivity contribution in [1.29, 1.82) is 0 Å². The van der Waals surface area contributed by atoms with Crippen molar-refractivity contribution in [2.24, 2.45) is 5.92 Å². The summed E-state index contributed by atoms with van der Waals surface area (Å²) in [4.78, 5) is 10.9. The molecule has 1 aromatic carbocycles. The van der Waals surface area contributed by atoms with Crippen molar-refractivity contribution in [2.45, 2.75) is 19.4 Å². The summed E-state index contributed by atoms with van der Waals surface area (Å²) in [7, 11) is 0. The molecule has 22 heavy (non-hydrogen) atoms. The number of hydrogen-bond acceptors (Lipinski definition) is 4. The molecule has 2 aliphatic rings. The molecule has 1 aromatic heterocycles. The Morgan fingerprint density at radius 1 is 1.23 bits per heavy atom. The molecular formula is C17H18FN3O. The lowest BCUT2D eigenvalue weighted by Gasteiger charge is -2.22. The first-order chi connectivity index (χ1) is 10.7. The van der Waals surface area contributed by atoms with Gasteiger partial charge in [-0.2, -0.15) is 0 Å². The Balaban J connectivity index is 1.51. The molecule has 0 aliphatic carbocycles. The number of piperidine rings is 1. The van der Waals surface area contributed by atoms with E-state index < -0.39 is 0 Å². The zero-order valence-electron chi connectivity index (χ0n) is 12.5. The van der Waals surface area contributed by atoms with E-state index in [0.717, 1.165) is 18.7 Å². The van der Waals surface area contributed by atoms with Crippen molar-refractivity contribution < 1.29 is 9.13 Å². The van der Waals surface area contributed by atoms with Crippen LogP contribution in [0.15, 0.2) is 30.6 Å². The minimum atomic E-state index is -0.252. The lowest BCUT2D eigenvalue weighted by molar-refractivity contribution is 0.129. The average Bonchev–Trinajstić information content (AvgIpc) is 3.11.